The van der Waals surface area contributed by atoms with Crippen molar-refractivity contribution in [2.75, 3.05) is 20.8 Å². The highest BCUT2D eigenvalue weighted by atomic mass is 19.4. The van der Waals surface area contributed by atoms with Crippen molar-refractivity contribution >= 4 is 5.96 Å². The molecule has 0 amide bonds. The number of nitrogens with one attached hydrogen (secondary N) is 2. The Bertz CT molecular complexity index is 790. The van der Waals surface area contributed by atoms with Gasteiger partial charge in [0.05, 0.1) is 19.3 Å². The van der Waals surface area contributed by atoms with Gasteiger partial charge in [0, 0.05) is 20.1 Å². The molecule has 2 aromatic rings. The molecule has 0 aliphatic rings. The van der Waals surface area contributed by atoms with Gasteiger partial charge in [-0.1, -0.05) is 18.2 Å². The second-order valence-corrected chi connectivity index (χ2v) is 5.89. The van der Waals surface area contributed by atoms with Crippen LogP contribution in [0.25, 0.3) is 0 Å². The third kappa shape index (κ3) is 6.07. The molecule has 0 heterocycles. The number of rotatable bonds is 7. The fraction of sp³-hybridized carbons (Fsp3) is 0.350. The predicted molar refractivity (Wildman–Crippen MR) is 103 cm³/mol. The zero-order chi connectivity index (χ0) is 20.6. The lowest BCUT2D eigenvalue weighted by atomic mass is 10.1. The van der Waals surface area contributed by atoms with Crippen molar-refractivity contribution in [1.82, 2.24) is 10.6 Å². The molecule has 28 heavy (non-hydrogen) atoms. The van der Waals surface area contributed by atoms with Crippen LogP contribution in [-0.2, 0) is 19.3 Å². The molecule has 0 aliphatic heterocycles. The van der Waals surface area contributed by atoms with E-state index < -0.39 is 11.7 Å². The number of halogens is 3. The first-order valence-corrected chi connectivity index (χ1v) is 8.77. The van der Waals surface area contributed by atoms with Gasteiger partial charge in [0.15, 0.2) is 17.5 Å². The van der Waals surface area contributed by atoms with E-state index >= 15 is 0 Å². The van der Waals surface area contributed by atoms with Crippen molar-refractivity contribution in [3.63, 3.8) is 0 Å². The molecule has 0 radical (unpaired) electrons. The first-order valence-electron chi connectivity index (χ1n) is 8.77. The normalized spacial score (nSPS) is 11.9. The Hall–Kier alpha value is -2.90. The minimum Gasteiger partial charge on any atom is -0.493 e. The molecule has 0 unspecified atom stereocenters. The van der Waals surface area contributed by atoms with Crippen LogP contribution < -0.4 is 20.1 Å². The van der Waals surface area contributed by atoms with Gasteiger partial charge < -0.3 is 20.1 Å². The molecular formula is C20H24F3N3O2. The molecule has 0 spiro atoms. The van der Waals surface area contributed by atoms with Crippen LogP contribution in [0.5, 0.6) is 11.5 Å². The van der Waals surface area contributed by atoms with Crippen LogP contribution in [-0.4, -0.2) is 26.7 Å². The van der Waals surface area contributed by atoms with Crippen molar-refractivity contribution in [3.8, 4) is 11.5 Å². The molecule has 5 nitrogen and oxygen atoms in total. The highest BCUT2D eigenvalue weighted by Crippen LogP contribution is 2.29. The summed E-state index contributed by atoms with van der Waals surface area (Å²) in [5, 5.41) is 6.24. The van der Waals surface area contributed by atoms with Crippen LogP contribution in [0.15, 0.2) is 47.5 Å². The Labute approximate surface area is 162 Å². The maximum Gasteiger partial charge on any atom is 0.416 e. The predicted octanol–water partition coefficient (Wildman–Crippen LogP) is 3.98. The SMILES string of the molecule is CCOc1cc(CNC(=NC)NCc2ccc(C(F)(F)F)cc2)ccc1OC. The topological polar surface area (TPSA) is 54.9 Å². The van der Waals surface area contributed by atoms with Gasteiger partial charge in [-0.05, 0) is 42.3 Å². The fourth-order valence-electron chi connectivity index (χ4n) is 2.50. The molecule has 152 valence electrons. The molecule has 0 fully saturated rings. The lowest BCUT2D eigenvalue weighted by molar-refractivity contribution is -0.137. The lowest BCUT2D eigenvalue weighted by Gasteiger charge is -2.14. The number of methoxy groups -OCH3 is 1. The highest BCUT2D eigenvalue weighted by Gasteiger charge is 2.29. The minimum atomic E-state index is -4.33. The minimum absolute atomic E-state index is 0.352. The average Bonchev–Trinajstić information content (AvgIpc) is 2.68. The first-order chi connectivity index (χ1) is 13.4. The number of aliphatic imine (C=N–C) groups is 1. The number of guanidine groups is 1. The van der Waals surface area contributed by atoms with E-state index in [-0.39, 0.29) is 0 Å². The standard InChI is InChI=1S/C20H24F3N3O2/c1-4-28-18-11-15(7-10-17(18)27-3)13-26-19(24-2)25-12-14-5-8-16(9-6-14)20(21,22)23/h5-11H,4,12-13H2,1-3H3,(H2,24,25,26). The number of benzene rings is 2. The van der Waals surface area contributed by atoms with Crippen LogP contribution in [0.3, 0.4) is 0 Å². The Kier molecular flexibility index (Phi) is 7.54. The Morgan fingerprint density at radius 2 is 1.57 bits per heavy atom. The summed E-state index contributed by atoms with van der Waals surface area (Å²) < 4.78 is 48.7. The third-order valence-electron chi connectivity index (χ3n) is 3.95. The van der Waals surface area contributed by atoms with Gasteiger partial charge in [0.25, 0.3) is 0 Å². The van der Waals surface area contributed by atoms with Crippen molar-refractivity contribution in [1.29, 1.82) is 0 Å². The Balaban J connectivity index is 1.92. The quantitative estimate of drug-likeness (QED) is 0.550. The van der Waals surface area contributed by atoms with E-state index in [0.29, 0.717) is 37.2 Å². The summed E-state index contributed by atoms with van der Waals surface area (Å²) in [7, 11) is 3.21. The van der Waals surface area contributed by atoms with Crippen molar-refractivity contribution in [2.45, 2.75) is 26.2 Å². The van der Waals surface area contributed by atoms with E-state index in [1.807, 2.05) is 25.1 Å². The molecule has 0 aromatic heterocycles. The van der Waals surface area contributed by atoms with Crippen LogP contribution in [0, 0.1) is 0 Å². The third-order valence-corrected chi connectivity index (χ3v) is 3.95. The summed E-state index contributed by atoms with van der Waals surface area (Å²) in [4.78, 5) is 4.13. The van der Waals surface area contributed by atoms with E-state index in [1.54, 1.807) is 14.2 Å². The van der Waals surface area contributed by atoms with Crippen LogP contribution in [0.1, 0.15) is 23.6 Å². The highest BCUT2D eigenvalue weighted by molar-refractivity contribution is 5.79. The van der Waals surface area contributed by atoms with E-state index in [1.165, 1.54) is 12.1 Å². The van der Waals surface area contributed by atoms with Gasteiger partial charge in [-0.3, -0.25) is 4.99 Å². The van der Waals surface area contributed by atoms with E-state index in [9.17, 15) is 13.2 Å². The summed E-state index contributed by atoms with van der Waals surface area (Å²) in [6, 6.07) is 10.7. The second kappa shape index (κ2) is 9.87. The largest absolute Gasteiger partial charge is 0.493 e. The Morgan fingerprint density at radius 1 is 0.964 bits per heavy atom. The summed E-state index contributed by atoms with van der Waals surface area (Å²) in [5.41, 5.74) is 1.03. The van der Waals surface area contributed by atoms with Crippen molar-refractivity contribution in [3.05, 3.63) is 59.2 Å². The number of alkyl halides is 3. The van der Waals surface area contributed by atoms with Crippen LogP contribution in [0.2, 0.25) is 0 Å². The second-order valence-electron chi connectivity index (χ2n) is 5.89. The van der Waals surface area contributed by atoms with E-state index in [2.05, 4.69) is 15.6 Å². The lowest BCUT2D eigenvalue weighted by Crippen LogP contribution is -2.36. The molecule has 0 aliphatic carbocycles. The van der Waals surface area contributed by atoms with Crippen LogP contribution >= 0.6 is 0 Å². The molecule has 0 saturated carbocycles. The van der Waals surface area contributed by atoms with Gasteiger partial charge in [0.1, 0.15) is 0 Å². The molecule has 0 atom stereocenters. The number of nitrogens with zero attached hydrogens (tertiary/aromatic N) is 1. The monoisotopic (exact) mass is 395 g/mol. The smallest absolute Gasteiger partial charge is 0.416 e. The molecule has 2 N–H and O–H groups in total. The number of ether oxygens (including phenoxy) is 2. The van der Waals surface area contributed by atoms with Crippen molar-refractivity contribution in [2.24, 2.45) is 4.99 Å². The molecule has 0 bridgehead atoms. The van der Waals surface area contributed by atoms with Crippen molar-refractivity contribution < 1.29 is 22.6 Å². The van der Waals surface area contributed by atoms with E-state index in [4.69, 9.17) is 9.47 Å². The molecule has 2 rings (SSSR count). The van der Waals surface area contributed by atoms with Gasteiger partial charge in [-0.15, -0.1) is 0 Å². The molecule has 0 saturated heterocycles. The van der Waals surface area contributed by atoms with Gasteiger partial charge in [0.2, 0.25) is 0 Å². The fourth-order valence-corrected chi connectivity index (χ4v) is 2.50. The summed E-state index contributed by atoms with van der Waals surface area (Å²) >= 11 is 0. The maximum atomic E-state index is 12.6. The van der Waals surface area contributed by atoms with Gasteiger partial charge in [-0.2, -0.15) is 13.2 Å². The maximum absolute atomic E-state index is 12.6. The molecular weight excluding hydrogens is 371 g/mol. The summed E-state index contributed by atoms with van der Waals surface area (Å²) in [6.45, 7) is 3.28. The zero-order valence-electron chi connectivity index (χ0n) is 16.1. The summed E-state index contributed by atoms with van der Waals surface area (Å²) in [5.74, 6) is 1.86. The summed E-state index contributed by atoms with van der Waals surface area (Å²) in [6.07, 6.45) is -4.33. The number of hydrogen-bond donors (Lipinski definition) is 2. The number of hydrogen-bond acceptors (Lipinski definition) is 3. The first kappa shape index (κ1) is 21.4. The van der Waals surface area contributed by atoms with E-state index in [0.717, 1.165) is 23.3 Å². The van der Waals surface area contributed by atoms with Gasteiger partial charge in [-0.25, -0.2) is 0 Å². The van der Waals surface area contributed by atoms with Gasteiger partial charge >= 0.3 is 6.18 Å². The average molecular weight is 395 g/mol. The molecule has 8 heteroatoms. The zero-order valence-corrected chi connectivity index (χ0v) is 16.1. The Morgan fingerprint density at radius 3 is 2.11 bits per heavy atom. The van der Waals surface area contributed by atoms with Crippen LogP contribution in [0.4, 0.5) is 13.2 Å². The molecule has 2 aromatic carbocycles.